The Morgan fingerprint density at radius 1 is 0.769 bits per heavy atom. The number of ether oxygens (including phenoxy) is 2. The highest BCUT2D eigenvalue weighted by Crippen LogP contribution is 2.17. The summed E-state index contributed by atoms with van der Waals surface area (Å²) in [5.74, 6) is 0.0335. The molecule has 0 atom stereocenters. The number of hydrogen-bond acceptors (Lipinski definition) is 6. The van der Waals surface area contributed by atoms with Gasteiger partial charge in [0.25, 0.3) is 11.8 Å². The minimum atomic E-state index is -0.426. The second kappa shape index (κ2) is 9.58. The summed E-state index contributed by atoms with van der Waals surface area (Å²) in [5, 5.41) is 7.44. The highest BCUT2D eigenvalue weighted by Gasteiger charge is 2.10. The Labute approximate surface area is 150 Å². The maximum atomic E-state index is 12.0. The molecule has 0 aliphatic rings. The summed E-state index contributed by atoms with van der Waals surface area (Å²) in [5.41, 5.74) is 5.39. The third kappa shape index (κ3) is 4.91. The van der Waals surface area contributed by atoms with Gasteiger partial charge in [-0.15, -0.1) is 0 Å². The van der Waals surface area contributed by atoms with E-state index in [9.17, 15) is 9.59 Å². The molecule has 0 spiro atoms. The first-order valence-electron chi connectivity index (χ1n) is 7.58. The summed E-state index contributed by atoms with van der Waals surface area (Å²) in [7, 11) is 2.96. The van der Waals surface area contributed by atoms with Crippen molar-refractivity contribution in [1.29, 1.82) is 0 Å². The van der Waals surface area contributed by atoms with Crippen molar-refractivity contribution in [3.05, 3.63) is 59.7 Å². The van der Waals surface area contributed by atoms with Crippen LogP contribution in [0.5, 0.6) is 11.5 Å². The molecule has 0 bridgehead atoms. The van der Waals surface area contributed by atoms with Crippen LogP contribution in [0.3, 0.4) is 0 Å². The van der Waals surface area contributed by atoms with Crippen molar-refractivity contribution in [2.45, 2.75) is 0 Å². The van der Waals surface area contributed by atoms with Crippen molar-refractivity contribution in [3.63, 3.8) is 0 Å². The lowest BCUT2D eigenvalue weighted by Crippen LogP contribution is -2.19. The van der Waals surface area contributed by atoms with Crippen LogP contribution < -0.4 is 20.3 Å². The maximum Gasteiger partial charge on any atom is 0.275 e. The van der Waals surface area contributed by atoms with Crippen LogP contribution >= 0.6 is 0 Å². The monoisotopic (exact) mass is 354 g/mol. The number of carbonyl (C=O) groups excluding carboxylic acids is 2. The molecular formula is C18H18N4O4. The van der Waals surface area contributed by atoms with Gasteiger partial charge >= 0.3 is 0 Å². The molecule has 2 aromatic rings. The van der Waals surface area contributed by atoms with Crippen LogP contribution in [0.15, 0.2) is 58.7 Å². The molecule has 0 aliphatic carbocycles. The van der Waals surface area contributed by atoms with Crippen LogP contribution in [0, 0.1) is 0 Å². The molecule has 2 N–H and O–H groups in total. The van der Waals surface area contributed by atoms with Crippen molar-refractivity contribution >= 4 is 24.2 Å². The first-order valence-corrected chi connectivity index (χ1v) is 7.58. The maximum absolute atomic E-state index is 12.0. The molecule has 8 nitrogen and oxygen atoms in total. The van der Waals surface area contributed by atoms with Crippen molar-refractivity contribution in [2.24, 2.45) is 10.2 Å². The highest BCUT2D eigenvalue weighted by atomic mass is 16.5. The zero-order chi connectivity index (χ0) is 18.8. The number of rotatable bonds is 7. The minimum Gasteiger partial charge on any atom is -0.496 e. The molecule has 0 saturated carbocycles. The smallest absolute Gasteiger partial charge is 0.275 e. The summed E-state index contributed by atoms with van der Waals surface area (Å²) in [4.78, 5) is 24.0. The van der Waals surface area contributed by atoms with Crippen LogP contribution in [0.2, 0.25) is 0 Å². The van der Waals surface area contributed by atoms with Gasteiger partial charge in [-0.2, -0.15) is 10.2 Å². The Morgan fingerprint density at radius 3 is 1.54 bits per heavy atom. The normalized spacial score (nSPS) is 10.7. The van der Waals surface area contributed by atoms with Crippen molar-refractivity contribution in [3.8, 4) is 11.5 Å². The van der Waals surface area contributed by atoms with Gasteiger partial charge in [-0.25, -0.2) is 10.9 Å². The van der Waals surface area contributed by atoms with E-state index in [0.717, 1.165) is 0 Å². The molecule has 8 heteroatoms. The second-order valence-electron chi connectivity index (χ2n) is 4.84. The SMILES string of the molecule is COc1ccccc1C(=O)NN=CC=NNC(=O)c1ccccc1OC. The number of para-hydroxylation sites is 2. The lowest BCUT2D eigenvalue weighted by molar-refractivity contribution is 0.0943. The van der Waals surface area contributed by atoms with E-state index in [0.29, 0.717) is 22.6 Å². The number of hydrazone groups is 2. The van der Waals surface area contributed by atoms with Gasteiger partial charge in [-0.05, 0) is 24.3 Å². The van der Waals surface area contributed by atoms with E-state index in [1.165, 1.54) is 26.6 Å². The van der Waals surface area contributed by atoms with E-state index in [1.807, 2.05) is 0 Å². The average Bonchev–Trinajstić information content (AvgIpc) is 2.70. The molecule has 0 radical (unpaired) electrons. The molecule has 2 amide bonds. The third-order valence-electron chi connectivity index (χ3n) is 3.25. The predicted molar refractivity (Wildman–Crippen MR) is 97.9 cm³/mol. The van der Waals surface area contributed by atoms with E-state index < -0.39 is 11.8 Å². The number of hydrogen-bond donors (Lipinski definition) is 2. The molecule has 0 saturated heterocycles. The Morgan fingerprint density at radius 2 is 1.15 bits per heavy atom. The molecule has 134 valence electrons. The molecular weight excluding hydrogens is 336 g/mol. The van der Waals surface area contributed by atoms with Gasteiger partial charge in [-0.1, -0.05) is 24.3 Å². The topological polar surface area (TPSA) is 101 Å². The largest absolute Gasteiger partial charge is 0.496 e. The average molecular weight is 354 g/mol. The second-order valence-corrected chi connectivity index (χ2v) is 4.84. The number of amides is 2. The Balaban J connectivity index is 1.86. The first-order chi connectivity index (χ1) is 12.7. The predicted octanol–water partition coefficient (Wildman–Crippen LogP) is 1.84. The highest BCUT2D eigenvalue weighted by molar-refractivity contribution is 6.16. The zero-order valence-electron chi connectivity index (χ0n) is 14.3. The molecule has 0 aromatic heterocycles. The molecule has 0 heterocycles. The van der Waals surface area contributed by atoms with E-state index in [2.05, 4.69) is 21.1 Å². The van der Waals surface area contributed by atoms with E-state index in [1.54, 1.807) is 48.5 Å². The van der Waals surface area contributed by atoms with Gasteiger partial charge in [0.05, 0.1) is 37.8 Å². The lowest BCUT2D eigenvalue weighted by Gasteiger charge is -2.06. The van der Waals surface area contributed by atoms with Crippen molar-refractivity contribution < 1.29 is 19.1 Å². The number of nitrogens with zero attached hydrogens (tertiary/aromatic N) is 2. The Bertz CT molecular complexity index is 764. The van der Waals surface area contributed by atoms with Gasteiger partial charge in [0.2, 0.25) is 0 Å². The fourth-order valence-electron chi connectivity index (χ4n) is 2.04. The van der Waals surface area contributed by atoms with Crippen LogP contribution in [0.1, 0.15) is 20.7 Å². The summed E-state index contributed by atoms with van der Waals surface area (Å²) >= 11 is 0. The van der Waals surface area contributed by atoms with Gasteiger partial charge in [0, 0.05) is 0 Å². The fraction of sp³-hybridized carbons (Fsp3) is 0.111. The van der Waals surface area contributed by atoms with Crippen molar-refractivity contribution in [1.82, 2.24) is 10.9 Å². The number of nitrogens with one attached hydrogen (secondary N) is 2. The van der Waals surface area contributed by atoms with Crippen molar-refractivity contribution in [2.75, 3.05) is 14.2 Å². The third-order valence-corrected chi connectivity index (χ3v) is 3.25. The molecule has 0 unspecified atom stereocenters. The molecule has 0 aliphatic heterocycles. The zero-order valence-corrected chi connectivity index (χ0v) is 14.3. The van der Waals surface area contributed by atoms with Gasteiger partial charge < -0.3 is 9.47 Å². The summed E-state index contributed by atoms with van der Waals surface area (Å²) in [6.07, 6.45) is 2.46. The lowest BCUT2D eigenvalue weighted by atomic mass is 10.2. The fourth-order valence-corrected chi connectivity index (χ4v) is 2.04. The Hall–Kier alpha value is -3.68. The minimum absolute atomic E-state index is 0.355. The van der Waals surface area contributed by atoms with Crippen LogP contribution in [-0.2, 0) is 0 Å². The number of benzene rings is 2. The van der Waals surface area contributed by atoms with E-state index in [-0.39, 0.29) is 0 Å². The van der Waals surface area contributed by atoms with Gasteiger partial charge in [0.15, 0.2) is 0 Å². The van der Waals surface area contributed by atoms with Crippen LogP contribution in [-0.4, -0.2) is 38.5 Å². The van der Waals surface area contributed by atoms with E-state index in [4.69, 9.17) is 9.47 Å². The van der Waals surface area contributed by atoms with Crippen LogP contribution in [0.25, 0.3) is 0 Å². The number of carbonyl (C=O) groups is 2. The number of methoxy groups -OCH3 is 2. The molecule has 2 rings (SSSR count). The summed E-state index contributed by atoms with van der Waals surface area (Å²) in [6, 6.07) is 13.5. The van der Waals surface area contributed by atoms with Crippen LogP contribution in [0.4, 0.5) is 0 Å². The Kier molecular flexibility index (Phi) is 6.87. The summed E-state index contributed by atoms with van der Waals surface area (Å²) < 4.78 is 10.2. The summed E-state index contributed by atoms with van der Waals surface area (Å²) in [6.45, 7) is 0. The quantitative estimate of drug-likeness (QED) is 0.585. The molecule has 2 aromatic carbocycles. The first kappa shape index (κ1) is 18.7. The molecule has 26 heavy (non-hydrogen) atoms. The molecule has 0 fully saturated rings. The van der Waals surface area contributed by atoms with E-state index >= 15 is 0 Å². The standard InChI is InChI=1S/C18H18N4O4/c1-25-15-9-5-3-7-13(15)17(23)21-19-11-12-20-22-18(24)14-8-4-6-10-16(14)26-2/h3-12H,1-2H3,(H,21,23)(H,22,24). The van der Waals surface area contributed by atoms with Gasteiger partial charge in [0.1, 0.15) is 11.5 Å². The van der Waals surface area contributed by atoms with Gasteiger partial charge in [-0.3, -0.25) is 9.59 Å².